The van der Waals surface area contributed by atoms with Crippen molar-refractivity contribution in [1.82, 2.24) is 5.43 Å². The Hall–Kier alpha value is -1.62. The predicted molar refractivity (Wildman–Crippen MR) is 76.4 cm³/mol. The third kappa shape index (κ3) is 3.92. The van der Waals surface area contributed by atoms with Crippen LogP contribution in [-0.4, -0.2) is 12.0 Å². The van der Waals surface area contributed by atoms with Gasteiger partial charge in [-0.3, -0.25) is 5.43 Å². The first-order chi connectivity index (χ1) is 9.19. The molecule has 1 fully saturated rings. The molecule has 0 spiro atoms. The monoisotopic (exact) mass is 264 g/mol. The Labute approximate surface area is 113 Å². The van der Waals surface area contributed by atoms with Gasteiger partial charge in [0.25, 0.3) is 0 Å². The predicted octanol–water partition coefficient (Wildman–Crippen LogP) is 2.70. The van der Waals surface area contributed by atoms with Crippen LogP contribution in [0.25, 0.3) is 0 Å². The summed E-state index contributed by atoms with van der Waals surface area (Å²) in [6.45, 7) is 1.91. The van der Waals surface area contributed by atoms with E-state index in [-0.39, 0.29) is 5.82 Å². The zero-order valence-electron chi connectivity index (χ0n) is 11.2. The maximum Gasteiger partial charge on any atom is 0.210 e. The molecule has 0 aromatic heterocycles. The number of nitrogens with zero attached hydrogens (tertiary/aromatic N) is 1. The van der Waals surface area contributed by atoms with Gasteiger partial charge in [0.2, 0.25) is 5.96 Å². The maximum absolute atomic E-state index is 13.2. The molecule has 1 aliphatic rings. The number of hydrogen-bond acceptors (Lipinski definition) is 2. The number of nitrogens with two attached hydrogens (primary N) is 1. The molecule has 0 aliphatic heterocycles. The molecule has 0 heterocycles. The molecule has 0 amide bonds. The number of nitrogens with one attached hydrogen (secondary N) is 2. The van der Waals surface area contributed by atoms with Crippen LogP contribution in [0.3, 0.4) is 0 Å². The van der Waals surface area contributed by atoms with Crippen molar-refractivity contribution < 1.29 is 4.39 Å². The molecule has 2 rings (SSSR count). The van der Waals surface area contributed by atoms with Gasteiger partial charge in [0, 0.05) is 5.69 Å². The van der Waals surface area contributed by atoms with Crippen LogP contribution in [0.2, 0.25) is 0 Å². The highest BCUT2D eigenvalue weighted by molar-refractivity contribution is 5.94. The Balaban J connectivity index is 2.09. The number of guanidine groups is 1. The molecule has 4 N–H and O–H groups in total. The van der Waals surface area contributed by atoms with E-state index < -0.39 is 0 Å². The SMILES string of the molecule is Cc1ccc(F)cc1NC(=NC1CCCCC1)NN. The summed E-state index contributed by atoms with van der Waals surface area (Å²) < 4.78 is 13.2. The van der Waals surface area contributed by atoms with E-state index in [0.717, 1.165) is 18.4 Å². The van der Waals surface area contributed by atoms with Crippen molar-refractivity contribution in [3.63, 3.8) is 0 Å². The number of benzene rings is 1. The van der Waals surface area contributed by atoms with E-state index in [1.165, 1.54) is 31.4 Å². The van der Waals surface area contributed by atoms with Crippen LogP contribution >= 0.6 is 0 Å². The van der Waals surface area contributed by atoms with Gasteiger partial charge in [0.15, 0.2) is 0 Å². The van der Waals surface area contributed by atoms with Crippen molar-refractivity contribution in [3.05, 3.63) is 29.6 Å². The van der Waals surface area contributed by atoms with E-state index in [2.05, 4.69) is 15.7 Å². The van der Waals surface area contributed by atoms with Crippen molar-refractivity contribution >= 4 is 11.6 Å². The summed E-state index contributed by atoms with van der Waals surface area (Å²) in [6, 6.07) is 4.92. The highest BCUT2D eigenvalue weighted by Crippen LogP contribution is 2.21. The Bertz CT molecular complexity index is 453. The van der Waals surface area contributed by atoms with Crippen LogP contribution in [0, 0.1) is 12.7 Å². The first-order valence-electron chi connectivity index (χ1n) is 6.76. The van der Waals surface area contributed by atoms with Crippen LogP contribution in [0.4, 0.5) is 10.1 Å². The smallest absolute Gasteiger partial charge is 0.210 e. The van der Waals surface area contributed by atoms with Gasteiger partial charge in [-0.15, -0.1) is 0 Å². The lowest BCUT2D eigenvalue weighted by atomic mass is 9.96. The lowest BCUT2D eigenvalue weighted by Crippen LogP contribution is -2.37. The van der Waals surface area contributed by atoms with Gasteiger partial charge in [0.1, 0.15) is 5.82 Å². The largest absolute Gasteiger partial charge is 0.325 e. The summed E-state index contributed by atoms with van der Waals surface area (Å²) in [6.07, 6.45) is 5.90. The van der Waals surface area contributed by atoms with Gasteiger partial charge in [0.05, 0.1) is 6.04 Å². The Kier molecular flexibility index (Phi) is 4.74. The van der Waals surface area contributed by atoms with Gasteiger partial charge < -0.3 is 5.32 Å². The molecule has 0 atom stereocenters. The molecule has 5 heteroatoms. The highest BCUT2D eigenvalue weighted by atomic mass is 19.1. The number of hydrazine groups is 1. The van der Waals surface area contributed by atoms with Crippen LogP contribution in [-0.2, 0) is 0 Å². The van der Waals surface area contributed by atoms with Gasteiger partial charge in [-0.05, 0) is 37.5 Å². The van der Waals surface area contributed by atoms with Gasteiger partial charge in [-0.2, -0.15) is 0 Å². The number of aryl methyl sites for hydroxylation is 1. The molecule has 1 saturated carbocycles. The van der Waals surface area contributed by atoms with Crippen LogP contribution < -0.4 is 16.6 Å². The van der Waals surface area contributed by atoms with E-state index in [1.54, 1.807) is 6.07 Å². The fraction of sp³-hybridized carbons (Fsp3) is 0.500. The van der Waals surface area contributed by atoms with Gasteiger partial charge in [-0.25, -0.2) is 15.2 Å². The third-order valence-electron chi connectivity index (χ3n) is 3.48. The minimum Gasteiger partial charge on any atom is -0.325 e. The van der Waals surface area contributed by atoms with E-state index in [4.69, 9.17) is 5.84 Å². The molecule has 0 radical (unpaired) electrons. The average molecular weight is 264 g/mol. The third-order valence-corrected chi connectivity index (χ3v) is 3.48. The van der Waals surface area contributed by atoms with Crippen LogP contribution in [0.1, 0.15) is 37.7 Å². The van der Waals surface area contributed by atoms with Crippen molar-refractivity contribution in [1.29, 1.82) is 0 Å². The van der Waals surface area contributed by atoms with E-state index in [9.17, 15) is 4.39 Å². The molecule has 0 saturated heterocycles. The lowest BCUT2D eigenvalue weighted by Gasteiger charge is -2.20. The fourth-order valence-electron chi connectivity index (χ4n) is 2.35. The normalized spacial score (nSPS) is 17.3. The second-order valence-electron chi connectivity index (χ2n) is 5.00. The number of hydrogen-bond donors (Lipinski definition) is 3. The molecule has 1 aliphatic carbocycles. The highest BCUT2D eigenvalue weighted by Gasteiger charge is 2.13. The second-order valence-corrected chi connectivity index (χ2v) is 5.00. The summed E-state index contributed by atoms with van der Waals surface area (Å²) in [4.78, 5) is 4.57. The summed E-state index contributed by atoms with van der Waals surface area (Å²) in [5.74, 6) is 5.71. The van der Waals surface area contributed by atoms with Crippen molar-refractivity contribution in [2.45, 2.75) is 45.1 Å². The minimum atomic E-state index is -0.276. The maximum atomic E-state index is 13.2. The van der Waals surface area contributed by atoms with Crippen molar-refractivity contribution in [2.75, 3.05) is 5.32 Å². The fourth-order valence-corrected chi connectivity index (χ4v) is 2.35. The van der Waals surface area contributed by atoms with Crippen molar-refractivity contribution in [3.8, 4) is 0 Å². The van der Waals surface area contributed by atoms with Crippen LogP contribution in [0.5, 0.6) is 0 Å². The molecule has 1 aromatic rings. The topological polar surface area (TPSA) is 62.4 Å². The zero-order valence-corrected chi connectivity index (χ0v) is 11.2. The molecule has 0 unspecified atom stereocenters. The Morgan fingerprint density at radius 2 is 2.05 bits per heavy atom. The molecule has 0 bridgehead atoms. The van der Waals surface area contributed by atoms with Crippen LogP contribution in [0.15, 0.2) is 23.2 Å². The molecular weight excluding hydrogens is 243 g/mol. The summed E-state index contributed by atoms with van der Waals surface area (Å²) in [5, 5.41) is 3.06. The zero-order chi connectivity index (χ0) is 13.7. The molecule has 1 aromatic carbocycles. The van der Waals surface area contributed by atoms with E-state index in [0.29, 0.717) is 17.7 Å². The second kappa shape index (κ2) is 6.52. The summed E-state index contributed by atoms with van der Waals surface area (Å²) in [5.41, 5.74) is 4.20. The summed E-state index contributed by atoms with van der Waals surface area (Å²) >= 11 is 0. The van der Waals surface area contributed by atoms with Gasteiger partial charge >= 0.3 is 0 Å². The standard InChI is InChI=1S/C14H21FN4/c1-10-7-8-11(15)9-13(10)18-14(19-16)17-12-5-3-2-4-6-12/h7-9,12H,2-6,16H2,1H3,(H2,17,18,19). The van der Waals surface area contributed by atoms with E-state index in [1.807, 2.05) is 6.92 Å². The van der Waals surface area contributed by atoms with Crippen molar-refractivity contribution in [2.24, 2.45) is 10.8 Å². The number of aliphatic imine (C=N–C) groups is 1. The van der Waals surface area contributed by atoms with E-state index >= 15 is 0 Å². The summed E-state index contributed by atoms with van der Waals surface area (Å²) in [7, 11) is 0. The lowest BCUT2D eigenvalue weighted by molar-refractivity contribution is 0.442. The Morgan fingerprint density at radius 1 is 1.32 bits per heavy atom. The number of anilines is 1. The van der Waals surface area contributed by atoms with Gasteiger partial charge in [-0.1, -0.05) is 25.3 Å². The molecule has 4 nitrogen and oxygen atoms in total. The Morgan fingerprint density at radius 3 is 2.74 bits per heavy atom. The first-order valence-corrected chi connectivity index (χ1v) is 6.76. The quantitative estimate of drug-likeness (QED) is 0.333. The number of rotatable bonds is 2. The first kappa shape index (κ1) is 13.8. The molecule has 19 heavy (non-hydrogen) atoms. The minimum absolute atomic E-state index is 0.276. The average Bonchev–Trinajstić information content (AvgIpc) is 2.43. The number of halogens is 1. The molecular formula is C14H21FN4. The molecule has 104 valence electrons.